The Hall–Kier alpha value is -2.66. The Labute approximate surface area is 159 Å². The molecule has 0 spiro atoms. The van der Waals surface area contributed by atoms with E-state index in [1.54, 1.807) is 0 Å². The normalized spacial score (nSPS) is 18.5. The monoisotopic (exact) mass is 360 g/mol. The number of benzene rings is 2. The van der Waals surface area contributed by atoms with Gasteiger partial charge in [-0.15, -0.1) is 0 Å². The molecule has 1 aromatic heterocycles. The van der Waals surface area contributed by atoms with Crippen molar-refractivity contribution in [3.63, 3.8) is 0 Å². The van der Waals surface area contributed by atoms with Gasteiger partial charge in [0.05, 0.1) is 16.6 Å². The van der Waals surface area contributed by atoms with Crippen LogP contribution in [0.5, 0.6) is 0 Å². The van der Waals surface area contributed by atoms with Crippen molar-refractivity contribution in [3.8, 4) is 11.4 Å². The first-order valence-electron chi connectivity index (χ1n) is 9.84. The fourth-order valence-electron chi connectivity index (χ4n) is 4.43. The van der Waals surface area contributed by atoms with Crippen LogP contribution in [-0.2, 0) is 6.54 Å². The number of likely N-dealkylation sites (tertiary alicyclic amines) is 1. The van der Waals surface area contributed by atoms with E-state index in [0.29, 0.717) is 18.2 Å². The number of hydrogen-bond donors (Lipinski definition) is 1. The molecular weight excluding hydrogens is 336 g/mol. The Morgan fingerprint density at radius 2 is 1.81 bits per heavy atom. The summed E-state index contributed by atoms with van der Waals surface area (Å²) in [6, 6.07) is 15.0. The second kappa shape index (κ2) is 6.50. The van der Waals surface area contributed by atoms with E-state index in [2.05, 4.69) is 46.0 Å². The molecule has 5 heteroatoms. The molecule has 1 atom stereocenters. The molecule has 0 bridgehead atoms. The second-order valence-corrected chi connectivity index (χ2v) is 7.56. The molecule has 1 fully saturated rings. The molecule has 1 N–H and O–H groups in total. The third-order valence-corrected chi connectivity index (χ3v) is 5.97. The van der Waals surface area contributed by atoms with Gasteiger partial charge in [0.2, 0.25) is 0 Å². The standard InChI is InChI=1S/C22H24N4O/c1-15(25-12-2-3-13-25)16-7-9-17(10-8-16)21-24-19-6-4-5-18-20(19)26(21)14-11-23-22(18)27/h4-10,15H,2-3,11-14H2,1H3,(H,23,27). The molecule has 1 amide bonds. The van der Waals surface area contributed by atoms with Gasteiger partial charge < -0.3 is 9.88 Å². The third-order valence-electron chi connectivity index (χ3n) is 5.97. The van der Waals surface area contributed by atoms with Gasteiger partial charge in [-0.2, -0.15) is 0 Å². The van der Waals surface area contributed by atoms with Gasteiger partial charge in [0, 0.05) is 24.7 Å². The number of aromatic nitrogens is 2. The maximum Gasteiger partial charge on any atom is 0.253 e. The van der Waals surface area contributed by atoms with Gasteiger partial charge in [0.25, 0.3) is 5.91 Å². The Morgan fingerprint density at radius 3 is 2.59 bits per heavy atom. The van der Waals surface area contributed by atoms with Gasteiger partial charge in [0.15, 0.2) is 0 Å². The highest BCUT2D eigenvalue weighted by molar-refractivity contribution is 6.06. The predicted octanol–water partition coefficient (Wildman–Crippen LogP) is 3.60. The molecule has 3 aromatic rings. The molecule has 27 heavy (non-hydrogen) atoms. The van der Waals surface area contributed by atoms with Crippen LogP contribution in [0.1, 0.15) is 41.7 Å². The lowest BCUT2D eigenvalue weighted by molar-refractivity contribution is 0.0956. The minimum Gasteiger partial charge on any atom is -0.350 e. The number of nitrogens with zero attached hydrogens (tertiary/aromatic N) is 3. The molecule has 3 heterocycles. The summed E-state index contributed by atoms with van der Waals surface area (Å²) in [6.07, 6.45) is 2.61. The topological polar surface area (TPSA) is 50.2 Å². The number of hydrogen-bond acceptors (Lipinski definition) is 3. The highest BCUT2D eigenvalue weighted by atomic mass is 16.1. The van der Waals surface area contributed by atoms with E-state index in [4.69, 9.17) is 4.98 Å². The van der Waals surface area contributed by atoms with E-state index in [1.807, 2.05) is 18.2 Å². The number of para-hydroxylation sites is 1. The molecular formula is C22H24N4O. The van der Waals surface area contributed by atoms with Gasteiger partial charge in [0.1, 0.15) is 5.82 Å². The highest BCUT2D eigenvalue weighted by Crippen LogP contribution is 2.30. The van der Waals surface area contributed by atoms with Gasteiger partial charge in [-0.05, 0) is 50.6 Å². The fraction of sp³-hybridized carbons (Fsp3) is 0.364. The zero-order valence-electron chi connectivity index (χ0n) is 15.6. The van der Waals surface area contributed by atoms with Gasteiger partial charge >= 0.3 is 0 Å². The molecule has 2 aromatic carbocycles. The van der Waals surface area contributed by atoms with Crippen molar-refractivity contribution in [2.24, 2.45) is 0 Å². The first-order chi connectivity index (χ1) is 13.2. The molecule has 2 aliphatic heterocycles. The van der Waals surface area contributed by atoms with Gasteiger partial charge in [-0.3, -0.25) is 9.69 Å². The number of imidazole rings is 1. The van der Waals surface area contributed by atoms with Crippen molar-refractivity contribution < 1.29 is 4.79 Å². The first-order valence-corrected chi connectivity index (χ1v) is 9.84. The van der Waals surface area contributed by atoms with Crippen molar-refractivity contribution in [1.29, 1.82) is 0 Å². The average Bonchev–Trinajstić information content (AvgIpc) is 3.32. The van der Waals surface area contributed by atoms with Crippen molar-refractivity contribution in [2.75, 3.05) is 19.6 Å². The van der Waals surface area contributed by atoms with Crippen molar-refractivity contribution in [1.82, 2.24) is 19.8 Å². The third kappa shape index (κ3) is 2.73. The van der Waals surface area contributed by atoms with Crippen LogP contribution >= 0.6 is 0 Å². The van der Waals surface area contributed by atoms with Crippen LogP contribution in [0.3, 0.4) is 0 Å². The first kappa shape index (κ1) is 16.5. The van der Waals surface area contributed by atoms with E-state index in [9.17, 15) is 4.79 Å². The van der Waals surface area contributed by atoms with E-state index in [0.717, 1.165) is 29.0 Å². The van der Waals surface area contributed by atoms with Crippen molar-refractivity contribution >= 4 is 16.9 Å². The fourth-order valence-corrected chi connectivity index (χ4v) is 4.43. The Balaban J connectivity index is 1.55. The maximum absolute atomic E-state index is 12.3. The van der Waals surface area contributed by atoms with E-state index >= 15 is 0 Å². The van der Waals surface area contributed by atoms with E-state index in [1.165, 1.54) is 31.5 Å². The lowest BCUT2D eigenvalue weighted by Gasteiger charge is -2.24. The van der Waals surface area contributed by atoms with Crippen molar-refractivity contribution in [2.45, 2.75) is 32.4 Å². The van der Waals surface area contributed by atoms with E-state index < -0.39 is 0 Å². The zero-order chi connectivity index (χ0) is 18.4. The number of rotatable bonds is 3. The molecule has 0 aliphatic carbocycles. The lowest BCUT2D eigenvalue weighted by Crippen LogP contribution is -2.24. The summed E-state index contributed by atoms with van der Waals surface area (Å²) in [5, 5.41) is 2.98. The molecule has 138 valence electrons. The van der Waals surface area contributed by atoms with Gasteiger partial charge in [-0.25, -0.2) is 4.98 Å². The highest BCUT2D eigenvalue weighted by Gasteiger charge is 2.22. The predicted molar refractivity (Wildman–Crippen MR) is 107 cm³/mol. The second-order valence-electron chi connectivity index (χ2n) is 7.56. The minimum absolute atomic E-state index is 0.0133. The number of nitrogens with one attached hydrogen (secondary N) is 1. The van der Waals surface area contributed by atoms with Crippen LogP contribution in [0.25, 0.3) is 22.4 Å². The summed E-state index contributed by atoms with van der Waals surface area (Å²) >= 11 is 0. The van der Waals surface area contributed by atoms with Crippen LogP contribution < -0.4 is 5.32 Å². The number of carbonyl (C=O) groups excluding carboxylic acids is 1. The zero-order valence-corrected chi connectivity index (χ0v) is 15.6. The lowest BCUT2D eigenvalue weighted by atomic mass is 10.0. The molecule has 0 saturated carbocycles. The van der Waals surface area contributed by atoms with E-state index in [-0.39, 0.29) is 5.91 Å². The summed E-state index contributed by atoms with van der Waals surface area (Å²) in [5.41, 5.74) is 4.99. The van der Waals surface area contributed by atoms with Crippen LogP contribution in [-0.4, -0.2) is 40.0 Å². The summed E-state index contributed by atoms with van der Waals surface area (Å²) < 4.78 is 2.18. The van der Waals surface area contributed by atoms with Crippen LogP contribution in [0.4, 0.5) is 0 Å². The van der Waals surface area contributed by atoms with Gasteiger partial charge in [-0.1, -0.05) is 30.3 Å². The summed E-state index contributed by atoms with van der Waals surface area (Å²) in [7, 11) is 0. The van der Waals surface area contributed by atoms with Crippen LogP contribution in [0, 0.1) is 0 Å². The maximum atomic E-state index is 12.3. The number of amides is 1. The molecule has 0 radical (unpaired) electrons. The Morgan fingerprint density at radius 1 is 1.04 bits per heavy atom. The largest absolute Gasteiger partial charge is 0.350 e. The SMILES string of the molecule is CC(c1ccc(-c2nc3cccc4c3n2CCNC4=O)cc1)N1CCCC1. The molecule has 1 unspecified atom stereocenters. The smallest absolute Gasteiger partial charge is 0.253 e. The van der Waals surface area contributed by atoms with Crippen LogP contribution in [0.15, 0.2) is 42.5 Å². The molecule has 2 aliphatic rings. The van der Waals surface area contributed by atoms with Crippen molar-refractivity contribution in [3.05, 3.63) is 53.6 Å². The average molecular weight is 360 g/mol. The molecule has 5 nitrogen and oxygen atoms in total. The molecule has 5 rings (SSSR count). The molecule has 1 saturated heterocycles. The quantitative estimate of drug-likeness (QED) is 0.776. The van der Waals surface area contributed by atoms with Crippen LogP contribution in [0.2, 0.25) is 0 Å². The summed E-state index contributed by atoms with van der Waals surface area (Å²) in [4.78, 5) is 19.7. The Kier molecular flexibility index (Phi) is 3.97. The minimum atomic E-state index is -0.0133. The summed E-state index contributed by atoms with van der Waals surface area (Å²) in [5.74, 6) is 0.926. The summed E-state index contributed by atoms with van der Waals surface area (Å²) in [6.45, 7) is 6.04. The Bertz CT molecular complexity index is 999. The number of carbonyl (C=O) groups is 1.